The largest absolute Gasteiger partial charge is 0.416 e. The van der Waals surface area contributed by atoms with Crippen LogP contribution in [0, 0.1) is 21.7 Å². The highest BCUT2D eigenvalue weighted by atomic mass is 19.4. The van der Waals surface area contributed by atoms with Crippen molar-refractivity contribution in [3.8, 4) is 0 Å². The summed E-state index contributed by atoms with van der Waals surface area (Å²) < 4.78 is 64.5. The van der Waals surface area contributed by atoms with Crippen molar-refractivity contribution in [3.63, 3.8) is 0 Å². The highest BCUT2D eigenvalue weighted by molar-refractivity contribution is 5.81. The van der Waals surface area contributed by atoms with Crippen LogP contribution in [0.4, 0.5) is 33.3 Å². The van der Waals surface area contributed by atoms with Gasteiger partial charge in [0.2, 0.25) is 0 Å². The van der Waals surface area contributed by atoms with Crippen molar-refractivity contribution >= 4 is 17.6 Å². The van der Waals surface area contributed by atoms with Crippen molar-refractivity contribution in [1.82, 2.24) is 0 Å². The Morgan fingerprint density at radius 3 is 2.29 bits per heavy atom. The minimum absolute atomic E-state index is 0.335. The van der Waals surface area contributed by atoms with Crippen LogP contribution in [0.3, 0.4) is 0 Å². The Kier molecular flexibility index (Phi) is 4.77. The number of nitrogens with one attached hydrogen (secondary N) is 1. The number of nitro benzene ring substituents is 1. The molecule has 1 N–H and O–H groups in total. The van der Waals surface area contributed by atoms with Gasteiger partial charge in [0.15, 0.2) is 0 Å². The van der Waals surface area contributed by atoms with E-state index in [0.717, 1.165) is 30.5 Å². The quantitative estimate of drug-likeness (QED) is 0.388. The Bertz CT molecular complexity index is 785. The lowest BCUT2D eigenvalue weighted by Crippen LogP contribution is -2.07. The van der Waals surface area contributed by atoms with E-state index in [2.05, 4.69) is 10.5 Å². The number of alkyl halides is 3. The summed E-state index contributed by atoms with van der Waals surface area (Å²) in [6.45, 7) is 0. The van der Waals surface area contributed by atoms with Gasteiger partial charge in [0.25, 0.3) is 5.69 Å². The van der Waals surface area contributed by atoms with E-state index in [4.69, 9.17) is 0 Å². The van der Waals surface area contributed by atoms with E-state index in [1.807, 2.05) is 0 Å². The number of hydrazone groups is 1. The van der Waals surface area contributed by atoms with E-state index in [0.29, 0.717) is 12.1 Å². The number of halogens is 5. The number of benzene rings is 2. The van der Waals surface area contributed by atoms with E-state index in [1.165, 1.54) is 0 Å². The van der Waals surface area contributed by atoms with E-state index in [1.54, 1.807) is 0 Å². The topological polar surface area (TPSA) is 67.5 Å². The fourth-order valence-electron chi connectivity index (χ4n) is 1.75. The first kappa shape index (κ1) is 17.3. The Balaban J connectivity index is 2.30. The molecule has 0 saturated heterocycles. The molecule has 5 nitrogen and oxygen atoms in total. The fourth-order valence-corrected chi connectivity index (χ4v) is 1.75. The maximum absolute atomic E-state index is 13.4. The predicted octanol–water partition coefficient (Wildman–Crippen LogP) is 4.34. The van der Waals surface area contributed by atoms with Crippen LogP contribution in [0.1, 0.15) is 11.1 Å². The van der Waals surface area contributed by atoms with Crippen molar-refractivity contribution in [2.24, 2.45) is 5.10 Å². The fraction of sp³-hybridized carbons (Fsp3) is 0.0714. The van der Waals surface area contributed by atoms with Crippen molar-refractivity contribution in [2.75, 3.05) is 5.43 Å². The van der Waals surface area contributed by atoms with Crippen LogP contribution in [0.2, 0.25) is 0 Å². The number of hydrogen-bond acceptors (Lipinski definition) is 4. The van der Waals surface area contributed by atoms with Crippen molar-refractivity contribution in [3.05, 3.63) is 69.3 Å². The number of nitrogens with zero attached hydrogens (tertiary/aromatic N) is 2. The molecule has 0 aliphatic heterocycles. The van der Waals surface area contributed by atoms with Gasteiger partial charge in [-0.1, -0.05) is 6.07 Å². The van der Waals surface area contributed by atoms with E-state index < -0.39 is 39.5 Å². The minimum Gasteiger partial charge on any atom is -0.272 e. The summed E-state index contributed by atoms with van der Waals surface area (Å²) in [5.41, 5.74) is -0.841. The molecular formula is C14H8F5N3O2. The van der Waals surface area contributed by atoms with Crippen LogP contribution in [0.25, 0.3) is 0 Å². The second-order valence-electron chi connectivity index (χ2n) is 4.49. The molecule has 0 radical (unpaired) electrons. The van der Waals surface area contributed by atoms with Crippen molar-refractivity contribution in [2.45, 2.75) is 6.18 Å². The molecule has 0 aliphatic rings. The monoisotopic (exact) mass is 345 g/mol. The molecule has 2 aromatic rings. The first-order valence-corrected chi connectivity index (χ1v) is 6.29. The van der Waals surface area contributed by atoms with Crippen LogP contribution in [-0.2, 0) is 6.18 Å². The molecule has 0 atom stereocenters. The normalized spacial score (nSPS) is 11.7. The maximum Gasteiger partial charge on any atom is 0.416 e. The first-order valence-electron chi connectivity index (χ1n) is 6.29. The minimum atomic E-state index is -4.75. The van der Waals surface area contributed by atoms with Crippen LogP contribution in [0.5, 0.6) is 0 Å². The molecule has 0 saturated carbocycles. The predicted molar refractivity (Wildman–Crippen MR) is 75.7 cm³/mol. The zero-order valence-corrected chi connectivity index (χ0v) is 11.6. The zero-order chi connectivity index (χ0) is 17.9. The van der Waals surface area contributed by atoms with Crippen LogP contribution < -0.4 is 5.43 Å². The smallest absolute Gasteiger partial charge is 0.272 e. The van der Waals surface area contributed by atoms with Crippen LogP contribution >= 0.6 is 0 Å². The summed E-state index contributed by atoms with van der Waals surface area (Å²) in [6, 6.07) is 4.85. The number of hydrogen-bond donors (Lipinski definition) is 1. The molecule has 0 heterocycles. The van der Waals surface area contributed by atoms with Gasteiger partial charge in [-0.05, 0) is 24.3 Å². The summed E-state index contributed by atoms with van der Waals surface area (Å²) in [5, 5.41) is 14.3. The molecule has 0 unspecified atom stereocenters. The lowest BCUT2D eigenvalue weighted by atomic mass is 10.1. The third-order valence-electron chi connectivity index (χ3n) is 2.90. The summed E-state index contributed by atoms with van der Waals surface area (Å²) in [4.78, 5) is 9.84. The molecule has 0 bridgehead atoms. The van der Waals surface area contributed by atoms with Crippen molar-refractivity contribution < 1.29 is 26.9 Å². The van der Waals surface area contributed by atoms with Gasteiger partial charge in [0, 0.05) is 6.07 Å². The standard InChI is InChI=1S/C14H8F5N3O2/c15-10-2-1-3-11(16)9(10)7-20-21-12-5-4-8(14(17,18)19)6-13(12)22(23)24/h1-7,21H. The second kappa shape index (κ2) is 6.60. The molecule has 126 valence electrons. The highest BCUT2D eigenvalue weighted by Crippen LogP contribution is 2.34. The van der Waals surface area contributed by atoms with Gasteiger partial charge in [0.05, 0.1) is 22.3 Å². The molecule has 0 aliphatic carbocycles. The molecule has 10 heteroatoms. The van der Waals surface area contributed by atoms with Gasteiger partial charge >= 0.3 is 6.18 Å². The molecule has 0 fully saturated rings. The van der Waals surface area contributed by atoms with Crippen LogP contribution in [0.15, 0.2) is 41.5 Å². The summed E-state index contributed by atoms with van der Waals surface area (Å²) in [5.74, 6) is -1.83. The van der Waals surface area contributed by atoms with Gasteiger partial charge in [-0.15, -0.1) is 0 Å². The Labute approximate surface area is 131 Å². The lowest BCUT2D eigenvalue weighted by Gasteiger charge is -2.08. The van der Waals surface area contributed by atoms with E-state index in [9.17, 15) is 32.1 Å². The average molecular weight is 345 g/mol. The first-order chi connectivity index (χ1) is 11.2. The SMILES string of the molecule is O=[N+]([O-])c1cc(C(F)(F)F)ccc1NN=Cc1c(F)cccc1F. The Morgan fingerprint density at radius 2 is 1.75 bits per heavy atom. The van der Waals surface area contributed by atoms with Gasteiger partial charge in [-0.2, -0.15) is 18.3 Å². The maximum atomic E-state index is 13.4. The lowest BCUT2D eigenvalue weighted by molar-refractivity contribution is -0.384. The molecule has 2 rings (SSSR count). The number of rotatable bonds is 4. The molecule has 0 amide bonds. The molecule has 0 aromatic heterocycles. The summed E-state index contributed by atoms with van der Waals surface area (Å²) in [7, 11) is 0. The van der Waals surface area contributed by atoms with Gasteiger partial charge in [-0.25, -0.2) is 8.78 Å². The van der Waals surface area contributed by atoms with Crippen molar-refractivity contribution in [1.29, 1.82) is 0 Å². The average Bonchev–Trinajstić information content (AvgIpc) is 2.49. The third kappa shape index (κ3) is 3.83. The Morgan fingerprint density at radius 1 is 1.12 bits per heavy atom. The molecule has 24 heavy (non-hydrogen) atoms. The van der Waals surface area contributed by atoms with E-state index >= 15 is 0 Å². The Hall–Kier alpha value is -3.04. The van der Waals surface area contributed by atoms with E-state index in [-0.39, 0.29) is 5.69 Å². The summed E-state index contributed by atoms with van der Waals surface area (Å²) in [6.07, 6.45) is -4.02. The van der Waals surface area contributed by atoms with Gasteiger partial charge in [0.1, 0.15) is 17.3 Å². The zero-order valence-electron chi connectivity index (χ0n) is 11.6. The van der Waals surface area contributed by atoms with Gasteiger partial charge < -0.3 is 0 Å². The number of anilines is 1. The third-order valence-corrected chi connectivity index (χ3v) is 2.90. The summed E-state index contributed by atoms with van der Waals surface area (Å²) >= 11 is 0. The molecule has 2 aromatic carbocycles. The van der Waals surface area contributed by atoms with Gasteiger partial charge in [-0.3, -0.25) is 15.5 Å². The molecule has 0 spiro atoms. The molecular weight excluding hydrogens is 337 g/mol. The van der Waals surface area contributed by atoms with Crippen LogP contribution in [-0.4, -0.2) is 11.1 Å². The number of nitro groups is 1. The highest BCUT2D eigenvalue weighted by Gasteiger charge is 2.33. The second-order valence-corrected chi connectivity index (χ2v) is 4.49.